The van der Waals surface area contributed by atoms with E-state index in [-0.39, 0.29) is 24.1 Å². The van der Waals surface area contributed by atoms with Gasteiger partial charge in [0.1, 0.15) is 6.04 Å². The van der Waals surface area contributed by atoms with Gasteiger partial charge in [-0.05, 0) is 30.2 Å². The summed E-state index contributed by atoms with van der Waals surface area (Å²) < 4.78 is 40.6. The second-order valence-corrected chi connectivity index (χ2v) is 6.45. The van der Waals surface area contributed by atoms with Gasteiger partial charge < -0.3 is 5.32 Å². The summed E-state index contributed by atoms with van der Waals surface area (Å²) in [7, 11) is 0. The summed E-state index contributed by atoms with van der Waals surface area (Å²) in [5, 5.41) is 2.37. The van der Waals surface area contributed by atoms with Gasteiger partial charge in [-0.3, -0.25) is 19.3 Å². The zero-order valence-electron chi connectivity index (χ0n) is 14.9. The van der Waals surface area contributed by atoms with Gasteiger partial charge in [-0.2, -0.15) is 13.2 Å². The minimum Gasteiger partial charge on any atom is -0.324 e. The molecule has 2 aromatic carbocycles. The van der Waals surface area contributed by atoms with Crippen molar-refractivity contribution in [1.29, 1.82) is 0 Å². The van der Waals surface area contributed by atoms with Crippen LogP contribution in [0.1, 0.15) is 25.3 Å². The third kappa shape index (κ3) is 3.90. The molecule has 146 valence electrons. The van der Waals surface area contributed by atoms with Crippen molar-refractivity contribution in [3.05, 3.63) is 54.1 Å². The smallest absolute Gasteiger partial charge is 0.324 e. The van der Waals surface area contributed by atoms with Crippen molar-refractivity contribution >= 4 is 23.4 Å². The number of anilines is 1. The van der Waals surface area contributed by atoms with Crippen LogP contribution in [0.5, 0.6) is 0 Å². The van der Waals surface area contributed by atoms with Crippen molar-refractivity contribution in [3.8, 4) is 11.1 Å². The Labute approximate surface area is 159 Å². The Hall–Kier alpha value is -3.16. The van der Waals surface area contributed by atoms with Crippen molar-refractivity contribution in [2.24, 2.45) is 0 Å². The molecule has 0 bridgehead atoms. The molecule has 0 radical (unpaired) electrons. The molecule has 1 aliphatic heterocycles. The van der Waals surface area contributed by atoms with E-state index in [4.69, 9.17) is 0 Å². The summed E-state index contributed by atoms with van der Waals surface area (Å²) in [4.78, 5) is 36.7. The molecular weight excluding hydrogens is 373 g/mol. The summed E-state index contributed by atoms with van der Waals surface area (Å²) in [6.45, 7) is 1.36. The normalized spacial score (nSPS) is 15.6. The predicted octanol–water partition coefficient (Wildman–Crippen LogP) is 3.85. The van der Waals surface area contributed by atoms with Gasteiger partial charge in [-0.1, -0.05) is 36.4 Å². The molecule has 1 atom stereocenters. The fourth-order valence-electron chi connectivity index (χ4n) is 3.12. The largest absolute Gasteiger partial charge is 0.417 e. The van der Waals surface area contributed by atoms with Crippen LogP contribution >= 0.6 is 0 Å². The van der Waals surface area contributed by atoms with Crippen LogP contribution in [-0.2, 0) is 20.6 Å². The Balaban J connectivity index is 1.88. The van der Waals surface area contributed by atoms with Crippen LogP contribution in [0, 0.1) is 0 Å². The van der Waals surface area contributed by atoms with Gasteiger partial charge in [-0.15, -0.1) is 0 Å². The maximum Gasteiger partial charge on any atom is 0.417 e. The van der Waals surface area contributed by atoms with Gasteiger partial charge in [-0.25, -0.2) is 0 Å². The lowest BCUT2D eigenvalue weighted by molar-refractivity contribution is -0.144. The van der Waals surface area contributed by atoms with E-state index in [9.17, 15) is 27.6 Å². The molecule has 0 unspecified atom stereocenters. The summed E-state index contributed by atoms with van der Waals surface area (Å²) in [6.07, 6.45) is -4.57. The molecule has 5 nitrogen and oxygen atoms in total. The molecule has 2 aromatic rings. The number of halogens is 3. The third-order valence-corrected chi connectivity index (χ3v) is 4.53. The molecule has 3 rings (SSSR count). The number of hydrogen-bond acceptors (Lipinski definition) is 3. The molecule has 3 amide bonds. The highest BCUT2D eigenvalue weighted by molar-refractivity contribution is 6.07. The van der Waals surface area contributed by atoms with Crippen molar-refractivity contribution in [1.82, 2.24) is 4.90 Å². The van der Waals surface area contributed by atoms with Gasteiger partial charge in [0.15, 0.2) is 0 Å². The first-order chi connectivity index (χ1) is 13.2. The Morgan fingerprint density at radius 2 is 1.64 bits per heavy atom. The van der Waals surface area contributed by atoms with Crippen LogP contribution in [-0.4, -0.2) is 28.7 Å². The van der Waals surface area contributed by atoms with E-state index < -0.39 is 35.5 Å². The second-order valence-electron chi connectivity index (χ2n) is 6.45. The maximum atomic E-state index is 13.5. The van der Waals surface area contributed by atoms with Crippen molar-refractivity contribution in [2.75, 3.05) is 5.32 Å². The molecular formula is C20H17F3N2O3. The molecule has 0 saturated carbocycles. The van der Waals surface area contributed by atoms with Gasteiger partial charge in [0, 0.05) is 18.5 Å². The van der Waals surface area contributed by atoms with Gasteiger partial charge in [0.25, 0.3) is 0 Å². The van der Waals surface area contributed by atoms with E-state index in [0.29, 0.717) is 5.56 Å². The fourth-order valence-corrected chi connectivity index (χ4v) is 3.12. The van der Waals surface area contributed by atoms with Gasteiger partial charge in [0.05, 0.1) is 5.56 Å². The standard InChI is InChI=1S/C20H17F3N2O3/c1-12(25-17(26)9-10-18(25)27)19(28)24-14-7-8-15(13-5-3-2-4-6-13)16(11-14)20(21,22)23/h2-8,11-12H,9-10H2,1H3,(H,24,28)/t12-/m1/s1. The van der Waals surface area contributed by atoms with Crippen LogP contribution in [0.2, 0.25) is 0 Å². The van der Waals surface area contributed by atoms with Crippen LogP contribution < -0.4 is 5.32 Å². The monoisotopic (exact) mass is 390 g/mol. The summed E-state index contributed by atoms with van der Waals surface area (Å²) in [6, 6.07) is 10.5. The third-order valence-electron chi connectivity index (χ3n) is 4.53. The van der Waals surface area contributed by atoms with E-state index in [2.05, 4.69) is 5.32 Å². The van der Waals surface area contributed by atoms with E-state index >= 15 is 0 Å². The highest BCUT2D eigenvalue weighted by atomic mass is 19.4. The van der Waals surface area contributed by atoms with Crippen LogP contribution in [0.25, 0.3) is 11.1 Å². The van der Waals surface area contributed by atoms with Crippen LogP contribution in [0.15, 0.2) is 48.5 Å². The number of hydrogen-bond donors (Lipinski definition) is 1. The molecule has 28 heavy (non-hydrogen) atoms. The van der Waals surface area contributed by atoms with E-state index in [1.165, 1.54) is 19.1 Å². The van der Waals surface area contributed by atoms with Crippen molar-refractivity contribution in [2.45, 2.75) is 32.0 Å². The summed E-state index contributed by atoms with van der Waals surface area (Å²) in [5.74, 6) is -1.67. The van der Waals surface area contributed by atoms with Gasteiger partial charge >= 0.3 is 6.18 Å². The highest BCUT2D eigenvalue weighted by Gasteiger charge is 2.37. The number of alkyl halides is 3. The minimum atomic E-state index is -4.63. The number of nitrogens with zero attached hydrogens (tertiary/aromatic N) is 1. The van der Waals surface area contributed by atoms with Crippen LogP contribution in [0.3, 0.4) is 0 Å². The first kappa shape index (κ1) is 19.6. The molecule has 8 heteroatoms. The number of carbonyl (C=O) groups is 3. The van der Waals surface area contributed by atoms with E-state index in [1.807, 2.05) is 0 Å². The SMILES string of the molecule is C[C@H](C(=O)Nc1ccc(-c2ccccc2)c(C(F)(F)F)c1)N1C(=O)CCC1=O. The highest BCUT2D eigenvalue weighted by Crippen LogP contribution is 2.38. The van der Waals surface area contributed by atoms with E-state index in [1.54, 1.807) is 30.3 Å². The quantitative estimate of drug-likeness (QED) is 0.807. The average Bonchev–Trinajstić information content (AvgIpc) is 2.99. The second kappa shape index (κ2) is 7.46. The molecule has 1 aliphatic rings. The summed E-state index contributed by atoms with van der Waals surface area (Å²) in [5.41, 5.74) is -0.571. The topological polar surface area (TPSA) is 66.5 Å². The lowest BCUT2D eigenvalue weighted by Gasteiger charge is -2.22. The molecule has 1 heterocycles. The Morgan fingerprint density at radius 1 is 1.04 bits per heavy atom. The Kier molecular flexibility index (Phi) is 5.22. The predicted molar refractivity (Wildman–Crippen MR) is 96.1 cm³/mol. The maximum absolute atomic E-state index is 13.5. The number of amides is 3. The number of nitrogens with one attached hydrogen (secondary N) is 1. The Morgan fingerprint density at radius 3 is 2.21 bits per heavy atom. The first-order valence-electron chi connectivity index (χ1n) is 8.61. The zero-order chi connectivity index (χ0) is 20.5. The molecule has 1 saturated heterocycles. The first-order valence-corrected chi connectivity index (χ1v) is 8.61. The molecule has 0 spiro atoms. The molecule has 1 fully saturated rings. The van der Waals surface area contributed by atoms with Gasteiger partial charge in [0.2, 0.25) is 17.7 Å². The number of likely N-dealkylation sites (tertiary alicyclic amines) is 1. The molecule has 0 aromatic heterocycles. The lowest BCUT2D eigenvalue weighted by Crippen LogP contribution is -2.45. The van der Waals surface area contributed by atoms with Crippen LogP contribution in [0.4, 0.5) is 18.9 Å². The van der Waals surface area contributed by atoms with Crippen molar-refractivity contribution in [3.63, 3.8) is 0 Å². The molecule has 0 aliphatic carbocycles. The number of rotatable bonds is 4. The zero-order valence-corrected chi connectivity index (χ0v) is 14.9. The van der Waals surface area contributed by atoms with E-state index in [0.717, 1.165) is 11.0 Å². The molecule has 1 N–H and O–H groups in total. The lowest BCUT2D eigenvalue weighted by atomic mass is 9.98. The number of carbonyl (C=O) groups excluding carboxylic acids is 3. The minimum absolute atomic E-state index is 0.0101. The Bertz CT molecular complexity index is 910. The summed E-state index contributed by atoms with van der Waals surface area (Å²) >= 11 is 0. The number of benzene rings is 2. The van der Waals surface area contributed by atoms with Crippen molar-refractivity contribution < 1.29 is 27.6 Å². The fraction of sp³-hybridized carbons (Fsp3) is 0.250. The number of imide groups is 1. The average molecular weight is 390 g/mol.